The highest BCUT2D eigenvalue weighted by Crippen LogP contribution is 2.47. The van der Waals surface area contributed by atoms with E-state index in [-0.39, 0.29) is 11.4 Å². The molecule has 4 heterocycles. The highest BCUT2D eigenvalue weighted by Gasteiger charge is 2.39. The van der Waals surface area contributed by atoms with Gasteiger partial charge in [-0.1, -0.05) is 127 Å². The Morgan fingerprint density at radius 2 is 0.794 bits per heavy atom. The smallest absolute Gasteiger partial charge is 0.309 e. The second-order valence-electron chi connectivity index (χ2n) is 16.8. The van der Waals surface area contributed by atoms with Crippen LogP contribution in [0.4, 0.5) is 18.9 Å². The average molecular weight is 884 g/mol. The average Bonchev–Trinajstić information content (AvgIpc) is 3.91. The molecule has 4 aromatic heterocycles. The Morgan fingerprint density at radius 3 is 1.28 bits per heavy atom. The molecule has 0 aliphatic heterocycles. The number of benzene rings is 8. The molecule has 0 saturated carbocycles. The van der Waals surface area contributed by atoms with E-state index in [0.717, 1.165) is 66.3 Å². The van der Waals surface area contributed by atoms with E-state index >= 15 is 13.2 Å². The van der Waals surface area contributed by atoms with Crippen molar-refractivity contribution < 1.29 is 13.2 Å². The van der Waals surface area contributed by atoms with Crippen LogP contribution in [0.5, 0.6) is 0 Å². The summed E-state index contributed by atoms with van der Waals surface area (Å²) in [5, 5.41) is 3.24. The third kappa shape index (κ3) is 6.88. The van der Waals surface area contributed by atoms with Crippen molar-refractivity contribution in [2.75, 3.05) is 0 Å². The van der Waals surface area contributed by atoms with Gasteiger partial charge in [0.25, 0.3) is 0 Å². The summed E-state index contributed by atoms with van der Waals surface area (Å²) >= 11 is 0. The minimum atomic E-state index is -4.83. The number of aromatic nitrogens is 4. The number of fused-ring (bicyclic) bond motifs is 6. The van der Waals surface area contributed by atoms with E-state index in [2.05, 4.69) is 26.9 Å². The first kappa shape index (κ1) is 40.4. The van der Waals surface area contributed by atoms with Gasteiger partial charge in [0, 0.05) is 45.1 Å². The molecule has 8 heteroatoms. The van der Waals surface area contributed by atoms with Crippen LogP contribution < -0.4 is 0 Å². The topological polar surface area (TPSA) is 40.0 Å². The minimum Gasteiger partial charge on any atom is -0.309 e. The number of para-hydroxylation sites is 2. The van der Waals surface area contributed by atoms with Gasteiger partial charge in [0.2, 0.25) is 0 Å². The zero-order valence-corrected chi connectivity index (χ0v) is 36.2. The number of nitrogens with zero attached hydrogens (tertiary/aromatic N) is 5. The SMILES string of the molecule is [C-]#[N+]c1cccc(-c2cc(-n3c4ccccc4c4cc(-c5ccnc(-c6ccccc6)c5)ccc43)c(C(F)(F)F)c(-n3c4ccccc4c4cc(-c5ccnc(-c6ccccc6)c5)ccc43)c2)c1. The second-order valence-corrected chi connectivity index (χ2v) is 16.8. The molecule has 0 unspecified atom stereocenters. The van der Waals surface area contributed by atoms with Crippen molar-refractivity contribution in [3.8, 4) is 67.3 Å². The van der Waals surface area contributed by atoms with E-state index in [1.54, 1.807) is 51.9 Å². The molecule has 5 nitrogen and oxygen atoms in total. The van der Waals surface area contributed by atoms with E-state index in [9.17, 15) is 0 Å². The molecule has 0 spiro atoms. The van der Waals surface area contributed by atoms with Crippen molar-refractivity contribution in [2.24, 2.45) is 0 Å². The summed E-state index contributed by atoms with van der Waals surface area (Å²) in [6.07, 6.45) is -1.26. The van der Waals surface area contributed by atoms with Crippen LogP contribution in [0.15, 0.2) is 219 Å². The maximum Gasteiger partial charge on any atom is 0.420 e. The number of halogens is 3. The molecule has 12 aromatic rings. The van der Waals surface area contributed by atoms with Gasteiger partial charge in [0.05, 0.1) is 51.4 Å². The Balaban J connectivity index is 1.12. The van der Waals surface area contributed by atoms with Crippen LogP contribution in [-0.4, -0.2) is 19.1 Å². The van der Waals surface area contributed by atoms with Crippen LogP contribution in [0.3, 0.4) is 0 Å². The molecular weight excluding hydrogens is 848 g/mol. The Kier molecular flexibility index (Phi) is 9.59. The maximum atomic E-state index is 16.6. The van der Waals surface area contributed by atoms with Gasteiger partial charge in [-0.25, -0.2) is 4.85 Å². The molecule has 0 saturated heterocycles. The lowest BCUT2D eigenvalue weighted by Crippen LogP contribution is -2.16. The molecule has 0 bridgehead atoms. The third-order valence-electron chi connectivity index (χ3n) is 12.8. The fourth-order valence-corrected chi connectivity index (χ4v) is 9.75. The van der Waals surface area contributed by atoms with E-state index in [1.165, 1.54) is 0 Å². The van der Waals surface area contributed by atoms with Crippen LogP contribution in [0.1, 0.15) is 5.56 Å². The molecule has 0 amide bonds. The van der Waals surface area contributed by atoms with Gasteiger partial charge < -0.3 is 9.13 Å². The monoisotopic (exact) mass is 883 g/mol. The predicted octanol–water partition coefficient (Wildman–Crippen LogP) is 16.6. The molecule has 68 heavy (non-hydrogen) atoms. The summed E-state index contributed by atoms with van der Waals surface area (Å²) < 4.78 is 53.3. The molecule has 0 aliphatic rings. The van der Waals surface area contributed by atoms with Crippen LogP contribution in [0, 0.1) is 6.57 Å². The number of hydrogen-bond acceptors (Lipinski definition) is 2. The van der Waals surface area contributed by atoms with Crippen molar-refractivity contribution in [1.29, 1.82) is 0 Å². The highest BCUT2D eigenvalue weighted by molar-refractivity contribution is 6.12. The van der Waals surface area contributed by atoms with E-state index in [0.29, 0.717) is 38.9 Å². The zero-order chi connectivity index (χ0) is 45.9. The van der Waals surface area contributed by atoms with Crippen molar-refractivity contribution in [3.63, 3.8) is 0 Å². The molecule has 0 fully saturated rings. The van der Waals surface area contributed by atoms with Crippen LogP contribution in [-0.2, 0) is 6.18 Å². The lowest BCUT2D eigenvalue weighted by Gasteiger charge is -2.23. The number of alkyl halides is 3. The summed E-state index contributed by atoms with van der Waals surface area (Å²) in [6.45, 7) is 7.82. The number of hydrogen-bond donors (Lipinski definition) is 0. The largest absolute Gasteiger partial charge is 0.420 e. The lowest BCUT2D eigenvalue weighted by atomic mass is 9.98. The first-order valence-corrected chi connectivity index (χ1v) is 22.1. The van der Waals surface area contributed by atoms with E-state index < -0.39 is 11.7 Å². The standard InChI is InChI=1S/C60H36F3N5/c1-64-46-18-12-17-40(31-46)45-36-57(67-53-21-10-8-19-47(53)49-32-41(23-25-55(49)67)43-27-29-65-51(34-43)38-13-4-2-5-14-38)59(60(61,62)63)58(37-45)68-54-22-11-9-20-48(54)50-33-42(24-26-56(50)68)44-28-30-66-52(35-44)39-15-6-3-7-16-39/h2-37H. The van der Waals surface area contributed by atoms with Crippen LogP contribution in [0.2, 0.25) is 0 Å². The minimum absolute atomic E-state index is 0.0276. The van der Waals surface area contributed by atoms with Gasteiger partial charge in [-0.05, 0) is 112 Å². The third-order valence-corrected chi connectivity index (χ3v) is 12.8. The van der Waals surface area contributed by atoms with Crippen molar-refractivity contribution >= 4 is 49.3 Å². The van der Waals surface area contributed by atoms with Gasteiger partial charge >= 0.3 is 6.18 Å². The van der Waals surface area contributed by atoms with Crippen LogP contribution in [0.25, 0.3) is 116 Å². The van der Waals surface area contributed by atoms with Gasteiger partial charge in [0.15, 0.2) is 5.69 Å². The number of rotatable bonds is 7. The first-order valence-electron chi connectivity index (χ1n) is 22.1. The fourth-order valence-electron chi connectivity index (χ4n) is 9.75. The van der Waals surface area contributed by atoms with Crippen molar-refractivity contribution in [3.05, 3.63) is 236 Å². The molecule has 0 N–H and O–H groups in total. The summed E-state index contributed by atoms with van der Waals surface area (Å²) in [6, 6.07) is 65.4. The lowest BCUT2D eigenvalue weighted by molar-refractivity contribution is -0.137. The van der Waals surface area contributed by atoms with E-state index in [1.807, 2.05) is 164 Å². The summed E-state index contributed by atoms with van der Waals surface area (Å²) in [5.41, 5.74) is 10.5. The zero-order valence-electron chi connectivity index (χ0n) is 36.2. The van der Waals surface area contributed by atoms with Crippen molar-refractivity contribution in [1.82, 2.24) is 19.1 Å². The highest BCUT2D eigenvalue weighted by atomic mass is 19.4. The van der Waals surface area contributed by atoms with E-state index in [4.69, 9.17) is 6.57 Å². The molecule has 8 aromatic carbocycles. The molecule has 0 aliphatic carbocycles. The summed E-state index contributed by atoms with van der Waals surface area (Å²) in [5.74, 6) is 0. The van der Waals surface area contributed by atoms with Gasteiger partial charge in [-0.2, -0.15) is 13.2 Å². The molecule has 12 rings (SSSR count). The normalized spacial score (nSPS) is 11.7. The molecule has 322 valence electrons. The number of pyridine rings is 2. The van der Waals surface area contributed by atoms with Gasteiger partial charge in [-0.3, -0.25) is 9.97 Å². The Morgan fingerprint density at radius 1 is 0.368 bits per heavy atom. The van der Waals surface area contributed by atoms with Crippen molar-refractivity contribution in [2.45, 2.75) is 6.18 Å². The molecule has 0 atom stereocenters. The first-order chi connectivity index (χ1) is 33.3. The Hall–Kier alpha value is -9.06. The molecule has 0 radical (unpaired) electrons. The Bertz CT molecular complexity index is 3750. The fraction of sp³-hybridized carbons (Fsp3) is 0.0167. The quantitative estimate of drug-likeness (QED) is 0.150. The molecular formula is C60H36F3N5. The second kappa shape index (κ2) is 16.1. The summed E-state index contributed by atoms with van der Waals surface area (Å²) in [4.78, 5) is 13.0. The maximum absolute atomic E-state index is 16.6. The predicted molar refractivity (Wildman–Crippen MR) is 269 cm³/mol. The summed E-state index contributed by atoms with van der Waals surface area (Å²) in [7, 11) is 0. The van der Waals surface area contributed by atoms with Gasteiger partial charge in [0.1, 0.15) is 5.56 Å². The Labute approximate surface area is 389 Å². The van der Waals surface area contributed by atoms with Gasteiger partial charge in [-0.15, -0.1) is 0 Å². The van der Waals surface area contributed by atoms with Crippen LogP contribution >= 0.6 is 0 Å².